The average molecular weight is 226 g/mol. The van der Waals surface area contributed by atoms with E-state index in [9.17, 15) is 4.79 Å². The van der Waals surface area contributed by atoms with Gasteiger partial charge in [-0.2, -0.15) is 0 Å². The van der Waals surface area contributed by atoms with Gasteiger partial charge in [-0.05, 0) is 32.1 Å². The minimum absolute atomic E-state index is 0.0169. The van der Waals surface area contributed by atoms with Crippen LogP contribution in [0.2, 0.25) is 0 Å². The summed E-state index contributed by atoms with van der Waals surface area (Å²) >= 11 is 0. The summed E-state index contributed by atoms with van der Waals surface area (Å²) in [6.45, 7) is 0.796. The monoisotopic (exact) mass is 226 g/mol. The Hall–Kier alpha value is -0.610. The van der Waals surface area contributed by atoms with Gasteiger partial charge < -0.3 is 14.2 Å². The first-order valence-corrected chi connectivity index (χ1v) is 6.30. The standard InChI is InChI=1S/C12H18O4/c13-12-8-4-5-9(10(7-8)16-12)15-11-3-1-2-6-14-11/h8-11H,1-7H2/t8-,9-,10?,11?/m0/s1. The molecule has 0 aromatic heterocycles. The van der Waals surface area contributed by atoms with Crippen molar-refractivity contribution in [3.05, 3.63) is 0 Å². The van der Waals surface area contributed by atoms with Gasteiger partial charge in [-0.3, -0.25) is 4.79 Å². The van der Waals surface area contributed by atoms with Crippen LogP contribution >= 0.6 is 0 Å². The maximum atomic E-state index is 11.4. The highest BCUT2D eigenvalue weighted by Gasteiger charge is 2.44. The lowest BCUT2D eigenvalue weighted by atomic mass is 9.88. The van der Waals surface area contributed by atoms with Crippen LogP contribution in [0, 0.1) is 5.92 Å². The van der Waals surface area contributed by atoms with E-state index in [4.69, 9.17) is 14.2 Å². The fraction of sp³-hybridized carbons (Fsp3) is 0.917. The van der Waals surface area contributed by atoms with E-state index >= 15 is 0 Å². The predicted octanol–water partition coefficient (Wildman–Crippen LogP) is 1.62. The molecule has 0 radical (unpaired) electrons. The maximum absolute atomic E-state index is 11.4. The highest BCUT2D eigenvalue weighted by Crippen LogP contribution is 2.36. The highest BCUT2D eigenvalue weighted by molar-refractivity contribution is 5.75. The molecule has 0 spiro atoms. The third-order valence-corrected chi connectivity index (χ3v) is 3.80. The third kappa shape index (κ3) is 1.96. The minimum Gasteiger partial charge on any atom is -0.459 e. The Morgan fingerprint density at radius 2 is 2.12 bits per heavy atom. The minimum atomic E-state index is -0.0744. The fourth-order valence-corrected chi connectivity index (χ4v) is 2.85. The van der Waals surface area contributed by atoms with E-state index in [0.29, 0.717) is 0 Å². The number of esters is 1. The molecule has 4 nitrogen and oxygen atoms in total. The maximum Gasteiger partial charge on any atom is 0.309 e. The molecule has 4 atom stereocenters. The summed E-state index contributed by atoms with van der Waals surface area (Å²) < 4.78 is 16.8. The molecule has 2 unspecified atom stereocenters. The van der Waals surface area contributed by atoms with E-state index < -0.39 is 0 Å². The normalized spacial score (nSPS) is 43.1. The van der Waals surface area contributed by atoms with Crippen LogP contribution in [0.3, 0.4) is 0 Å². The summed E-state index contributed by atoms with van der Waals surface area (Å²) in [5, 5.41) is 0. The fourth-order valence-electron chi connectivity index (χ4n) is 2.85. The van der Waals surface area contributed by atoms with E-state index in [1.54, 1.807) is 0 Å². The quantitative estimate of drug-likeness (QED) is 0.671. The van der Waals surface area contributed by atoms with Gasteiger partial charge in [0, 0.05) is 13.0 Å². The Bertz CT molecular complexity index is 272. The molecule has 4 heteroatoms. The van der Waals surface area contributed by atoms with Crippen LogP contribution in [0.25, 0.3) is 0 Å². The molecule has 2 bridgehead atoms. The lowest BCUT2D eigenvalue weighted by Crippen LogP contribution is -2.37. The van der Waals surface area contributed by atoms with Gasteiger partial charge in [0.25, 0.3) is 0 Å². The van der Waals surface area contributed by atoms with Gasteiger partial charge in [0.1, 0.15) is 6.10 Å². The molecular weight excluding hydrogens is 208 g/mol. The molecule has 1 aliphatic carbocycles. The van der Waals surface area contributed by atoms with Crippen molar-refractivity contribution in [2.24, 2.45) is 5.92 Å². The van der Waals surface area contributed by atoms with Gasteiger partial charge in [-0.25, -0.2) is 0 Å². The van der Waals surface area contributed by atoms with E-state index in [1.807, 2.05) is 0 Å². The first-order valence-electron chi connectivity index (χ1n) is 6.30. The van der Waals surface area contributed by atoms with Crippen molar-refractivity contribution in [2.75, 3.05) is 6.61 Å². The van der Waals surface area contributed by atoms with Gasteiger partial charge in [0.15, 0.2) is 6.29 Å². The van der Waals surface area contributed by atoms with Gasteiger partial charge in [0.2, 0.25) is 0 Å². The topological polar surface area (TPSA) is 44.8 Å². The average Bonchev–Trinajstić information content (AvgIpc) is 2.61. The zero-order valence-corrected chi connectivity index (χ0v) is 9.39. The number of hydrogen-bond acceptors (Lipinski definition) is 4. The third-order valence-electron chi connectivity index (χ3n) is 3.80. The molecule has 2 saturated heterocycles. The zero-order chi connectivity index (χ0) is 11.0. The lowest BCUT2D eigenvalue weighted by Gasteiger charge is -2.31. The van der Waals surface area contributed by atoms with E-state index in [0.717, 1.165) is 38.7 Å². The molecular formula is C12H18O4. The summed E-state index contributed by atoms with van der Waals surface area (Å²) in [5.74, 6) is 0.109. The Labute approximate surface area is 95.2 Å². The smallest absolute Gasteiger partial charge is 0.309 e. The van der Waals surface area contributed by atoms with Crippen molar-refractivity contribution >= 4 is 5.97 Å². The Balaban J connectivity index is 1.57. The summed E-state index contributed by atoms with van der Waals surface area (Å²) in [4.78, 5) is 11.4. The van der Waals surface area contributed by atoms with Crippen LogP contribution in [-0.4, -0.2) is 31.1 Å². The SMILES string of the molecule is O=C1OC2C[C@@H]1CC[C@@H]2OC1CCCCO1. The molecule has 90 valence electrons. The summed E-state index contributed by atoms with van der Waals surface area (Å²) in [7, 11) is 0. The summed E-state index contributed by atoms with van der Waals surface area (Å²) in [5.41, 5.74) is 0. The van der Waals surface area contributed by atoms with Crippen molar-refractivity contribution in [3.8, 4) is 0 Å². The van der Waals surface area contributed by atoms with Crippen molar-refractivity contribution in [1.29, 1.82) is 0 Å². The molecule has 0 amide bonds. The first-order chi connectivity index (χ1) is 7.83. The Morgan fingerprint density at radius 1 is 1.19 bits per heavy atom. The lowest BCUT2D eigenvalue weighted by molar-refractivity contribution is -0.210. The van der Waals surface area contributed by atoms with E-state index in [-0.39, 0.29) is 30.4 Å². The number of carbonyl (C=O) groups is 1. The largest absolute Gasteiger partial charge is 0.459 e. The second-order valence-electron chi connectivity index (χ2n) is 4.96. The molecule has 2 heterocycles. The number of rotatable bonds is 2. The van der Waals surface area contributed by atoms with Crippen molar-refractivity contribution < 1.29 is 19.0 Å². The van der Waals surface area contributed by atoms with Gasteiger partial charge in [0.05, 0.1) is 12.0 Å². The molecule has 3 rings (SSSR count). The first kappa shape index (κ1) is 10.5. The van der Waals surface area contributed by atoms with Crippen LogP contribution < -0.4 is 0 Å². The van der Waals surface area contributed by atoms with Crippen molar-refractivity contribution in [3.63, 3.8) is 0 Å². The number of fused-ring (bicyclic) bond motifs is 2. The molecule has 3 aliphatic rings. The molecule has 3 fully saturated rings. The van der Waals surface area contributed by atoms with E-state index in [2.05, 4.69) is 0 Å². The molecule has 0 aromatic rings. The number of carbonyl (C=O) groups excluding carboxylic acids is 1. The Kier molecular flexibility index (Phi) is 2.86. The van der Waals surface area contributed by atoms with Crippen LogP contribution in [0.5, 0.6) is 0 Å². The Morgan fingerprint density at radius 3 is 2.94 bits per heavy atom. The predicted molar refractivity (Wildman–Crippen MR) is 55.7 cm³/mol. The zero-order valence-electron chi connectivity index (χ0n) is 9.39. The van der Waals surface area contributed by atoms with Crippen LogP contribution in [0.1, 0.15) is 38.5 Å². The highest BCUT2D eigenvalue weighted by atomic mass is 16.7. The van der Waals surface area contributed by atoms with Crippen LogP contribution in [0.4, 0.5) is 0 Å². The number of ether oxygens (including phenoxy) is 3. The summed E-state index contributed by atoms with van der Waals surface area (Å²) in [6.07, 6.45) is 5.93. The van der Waals surface area contributed by atoms with Crippen molar-refractivity contribution in [2.45, 2.75) is 57.0 Å². The summed E-state index contributed by atoms with van der Waals surface area (Å²) in [6, 6.07) is 0. The molecule has 1 saturated carbocycles. The van der Waals surface area contributed by atoms with Gasteiger partial charge in [-0.1, -0.05) is 0 Å². The van der Waals surface area contributed by atoms with Crippen LogP contribution in [-0.2, 0) is 19.0 Å². The van der Waals surface area contributed by atoms with Crippen molar-refractivity contribution in [1.82, 2.24) is 0 Å². The van der Waals surface area contributed by atoms with Gasteiger partial charge >= 0.3 is 5.97 Å². The second kappa shape index (κ2) is 4.34. The second-order valence-corrected chi connectivity index (χ2v) is 4.96. The van der Waals surface area contributed by atoms with Gasteiger partial charge in [-0.15, -0.1) is 0 Å². The van der Waals surface area contributed by atoms with E-state index in [1.165, 1.54) is 6.42 Å². The number of hydrogen-bond donors (Lipinski definition) is 0. The molecule has 0 aromatic carbocycles. The molecule has 2 aliphatic heterocycles. The van der Waals surface area contributed by atoms with Crippen LogP contribution in [0.15, 0.2) is 0 Å². The molecule has 16 heavy (non-hydrogen) atoms. The molecule has 0 N–H and O–H groups in total.